The summed E-state index contributed by atoms with van der Waals surface area (Å²) in [6, 6.07) is 2.06. The van der Waals surface area contributed by atoms with Crippen molar-refractivity contribution in [2.45, 2.75) is 44.9 Å². The number of likely N-dealkylation sites (tertiary alicyclic amines) is 1. The first-order valence-corrected chi connectivity index (χ1v) is 7.94. The molecule has 0 spiro atoms. The predicted octanol–water partition coefficient (Wildman–Crippen LogP) is 2.55. The zero-order chi connectivity index (χ0) is 13.7. The molecule has 2 heterocycles. The molecule has 1 saturated heterocycles. The monoisotopic (exact) mass is 273 g/mol. The molecule has 20 heavy (non-hydrogen) atoms. The third-order valence-electron chi connectivity index (χ3n) is 5.76. The number of hydrogen-bond donors (Lipinski definition) is 1. The van der Waals surface area contributed by atoms with Crippen LogP contribution in [0.2, 0.25) is 0 Å². The van der Waals surface area contributed by atoms with Crippen LogP contribution in [0.3, 0.4) is 0 Å². The van der Waals surface area contributed by atoms with Crippen LogP contribution in [0.4, 0.5) is 0 Å². The Hall–Kier alpha value is -1.32. The summed E-state index contributed by atoms with van der Waals surface area (Å²) in [6.45, 7) is 4.02. The number of fused-ring (bicyclic) bond motifs is 1. The van der Waals surface area contributed by atoms with Crippen LogP contribution in [0.25, 0.3) is 0 Å². The van der Waals surface area contributed by atoms with E-state index in [0.29, 0.717) is 11.8 Å². The first kappa shape index (κ1) is 12.4. The van der Waals surface area contributed by atoms with Crippen molar-refractivity contribution in [2.24, 2.45) is 17.3 Å². The van der Waals surface area contributed by atoms with Crippen LogP contribution in [0.5, 0.6) is 0 Å². The number of carbonyl (C=O) groups is 1. The number of hydrogen-bond acceptors (Lipinski definition) is 2. The molecule has 0 aromatic carbocycles. The summed E-state index contributed by atoms with van der Waals surface area (Å²) < 4.78 is 0. The second-order valence-corrected chi connectivity index (χ2v) is 7.30. The minimum Gasteiger partial charge on any atom is -0.342 e. The molecule has 2 atom stereocenters. The number of aromatic nitrogens is 2. The summed E-state index contributed by atoms with van der Waals surface area (Å²) in [4.78, 5) is 14.9. The van der Waals surface area contributed by atoms with Crippen LogP contribution >= 0.6 is 0 Å². The first-order chi connectivity index (χ1) is 9.66. The smallest absolute Gasteiger partial charge is 0.228 e. The fourth-order valence-corrected chi connectivity index (χ4v) is 4.49. The molecule has 4 rings (SSSR count). The predicted molar refractivity (Wildman–Crippen MR) is 76.1 cm³/mol. The lowest BCUT2D eigenvalue weighted by atomic mass is 9.82. The summed E-state index contributed by atoms with van der Waals surface area (Å²) in [5.41, 5.74) is 1.18. The SMILES string of the molecule is CC1(C(=O)N2CCC(c3ccn[nH]3)CC2)CC2CC2C1. The molecule has 2 aliphatic carbocycles. The Balaban J connectivity index is 1.38. The highest BCUT2D eigenvalue weighted by Gasteiger charge is 2.55. The number of carbonyl (C=O) groups excluding carboxylic acids is 1. The van der Waals surface area contributed by atoms with Crippen molar-refractivity contribution >= 4 is 5.91 Å². The largest absolute Gasteiger partial charge is 0.342 e. The summed E-state index contributed by atoms with van der Waals surface area (Å²) in [7, 11) is 0. The Morgan fingerprint density at radius 2 is 2.05 bits per heavy atom. The molecule has 1 aliphatic heterocycles. The quantitative estimate of drug-likeness (QED) is 0.900. The number of nitrogens with one attached hydrogen (secondary N) is 1. The molecule has 2 unspecified atom stereocenters. The molecule has 1 aromatic rings. The van der Waals surface area contributed by atoms with Gasteiger partial charge in [-0.3, -0.25) is 9.89 Å². The van der Waals surface area contributed by atoms with Gasteiger partial charge in [0.25, 0.3) is 0 Å². The van der Waals surface area contributed by atoms with Gasteiger partial charge in [-0.25, -0.2) is 0 Å². The summed E-state index contributed by atoms with van der Waals surface area (Å²) in [6.07, 6.45) is 7.60. The van der Waals surface area contributed by atoms with Crippen LogP contribution in [0.15, 0.2) is 12.3 Å². The molecule has 3 aliphatic rings. The van der Waals surface area contributed by atoms with Gasteiger partial charge in [0, 0.05) is 36.3 Å². The maximum atomic E-state index is 12.8. The van der Waals surface area contributed by atoms with Gasteiger partial charge in [-0.05, 0) is 50.0 Å². The van der Waals surface area contributed by atoms with E-state index in [1.54, 1.807) is 0 Å². The molecular formula is C16H23N3O. The topological polar surface area (TPSA) is 49.0 Å². The molecule has 0 radical (unpaired) electrons. The molecule has 0 bridgehead atoms. The average Bonchev–Trinajstić information content (AvgIpc) is 2.91. The highest BCUT2D eigenvalue weighted by Crippen LogP contribution is 2.60. The molecule has 2 saturated carbocycles. The zero-order valence-electron chi connectivity index (χ0n) is 12.1. The lowest BCUT2D eigenvalue weighted by Crippen LogP contribution is -2.45. The van der Waals surface area contributed by atoms with E-state index in [4.69, 9.17) is 0 Å². The van der Waals surface area contributed by atoms with Gasteiger partial charge in [-0.15, -0.1) is 0 Å². The molecule has 4 nitrogen and oxygen atoms in total. The molecule has 4 heteroatoms. The maximum absolute atomic E-state index is 12.8. The van der Waals surface area contributed by atoms with Gasteiger partial charge in [0.05, 0.1) is 0 Å². The van der Waals surface area contributed by atoms with E-state index < -0.39 is 0 Å². The van der Waals surface area contributed by atoms with E-state index >= 15 is 0 Å². The van der Waals surface area contributed by atoms with E-state index in [1.165, 1.54) is 12.1 Å². The van der Waals surface area contributed by atoms with Gasteiger partial charge in [-0.2, -0.15) is 5.10 Å². The summed E-state index contributed by atoms with van der Waals surface area (Å²) >= 11 is 0. The van der Waals surface area contributed by atoms with Crippen molar-refractivity contribution in [2.75, 3.05) is 13.1 Å². The maximum Gasteiger partial charge on any atom is 0.228 e. The Morgan fingerprint density at radius 3 is 2.65 bits per heavy atom. The first-order valence-electron chi connectivity index (χ1n) is 7.94. The molecule has 1 aromatic heterocycles. The van der Waals surface area contributed by atoms with E-state index in [9.17, 15) is 4.79 Å². The fourth-order valence-electron chi connectivity index (χ4n) is 4.49. The number of H-pyrrole nitrogens is 1. The van der Waals surface area contributed by atoms with E-state index in [-0.39, 0.29) is 5.41 Å². The summed E-state index contributed by atoms with van der Waals surface area (Å²) in [5.74, 6) is 2.71. The average molecular weight is 273 g/mol. The zero-order valence-corrected chi connectivity index (χ0v) is 12.1. The fraction of sp³-hybridized carbons (Fsp3) is 0.750. The van der Waals surface area contributed by atoms with Crippen LogP contribution in [0.1, 0.15) is 50.6 Å². The highest BCUT2D eigenvalue weighted by atomic mass is 16.2. The summed E-state index contributed by atoms with van der Waals surface area (Å²) in [5, 5.41) is 7.10. The van der Waals surface area contributed by atoms with Crippen molar-refractivity contribution in [1.82, 2.24) is 15.1 Å². The third-order valence-corrected chi connectivity index (χ3v) is 5.76. The van der Waals surface area contributed by atoms with E-state index in [0.717, 1.165) is 50.6 Å². The normalized spacial score (nSPS) is 37.0. The van der Waals surface area contributed by atoms with Gasteiger partial charge in [0.2, 0.25) is 5.91 Å². The Labute approximate surface area is 119 Å². The van der Waals surface area contributed by atoms with Crippen LogP contribution in [-0.2, 0) is 4.79 Å². The lowest BCUT2D eigenvalue weighted by molar-refractivity contribution is -0.142. The molecule has 108 valence electrons. The van der Waals surface area contributed by atoms with Crippen LogP contribution in [-0.4, -0.2) is 34.1 Å². The number of nitrogens with zero attached hydrogens (tertiary/aromatic N) is 2. The van der Waals surface area contributed by atoms with Gasteiger partial charge in [0.15, 0.2) is 0 Å². The Morgan fingerprint density at radius 1 is 1.35 bits per heavy atom. The minimum absolute atomic E-state index is 0.0472. The van der Waals surface area contributed by atoms with Gasteiger partial charge >= 0.3 is 0 Å². The number of amides is 1. The van der Waals surface area contributed by atoms with Crippen molar-refractivity contribution in [3.63, 3.8) is 0 Å². The van der Waals surface area contributed by atoms with Crippen molar-refractivity contribution in [3.05, 3.63) is 18.0 Å². The van der Waals surface area contributed by atoms with E-state index in [2.05, 4.69) is 28.1 Å². The number of aromatic amines is 1. The molecule has 3 fully saturated rings. The van der Waals surface area contributed by atoms with Crippen LogP contribution < -0.4 is 0 Å². The Kier molecular flexibility index (Phi) is 2.69. The van der Waals surface area contributed by atoms with Gasteiger partial charge in [-0.1, -0.05) is 6.92 Å². The van der Waals surface area contributed by atoms with E-state index in [1.807, 2.05) is 6.20 Å². The minimum atomic E-state index is -0.0472. The standard InChI is InChI=1S/C16H23N3O/c1-16(9-12-8-13(12)10-16)15(20)19-6-3-11(4-7-19)14-2-5-17-18-14/h2,5,11-13H,3-4,6-10H2,1H3,(H,17,18). The van der Waals surface area contributed by atoms with Crippen molar-refractivity contribution in [3.8, 4) is 0 Å². The molecular weight excluding hydrogens is 250 g/mol. The molecule has 1 N–H and O–H groups in total. The van der Waals surface area contributed by atoms with Gasteiger partial charge in [0.1, 0.15) is 0 Å². The van der Waals surface area contributed by atoms with Crippen molar-refractivity contribution < 1.29 is 4.79 Å². The lowest BCUT2D eigenvalue weighted by Gasteiger charge is -2.37. The highest BCUT2D eigenvalue weighted by molar-refractivity contribution is 5.83. The second kappa shape index (κ2) is 4.34. The van der Waals surface area contributed by atoms with Crippen molar-refractivity contribution in [1.29, 1.82) is 0 Å². The van der Waals surface area contributed by atoms with Gasteiger partial charge < -0.3 is 4.90 Å². The second-order valence-electron chi connectivity index (χ2n) is 7.30. The van der Waals surface area contributed by atoms with Crippen LogP contribution in [0, 0.1) is 17.3 Å². The third kappa shape index (κ3) is 1.97. The Bertz CT molecular complexity index is 492. The number of piperidine rings is 1. The number of rotatable bonds is 2. The molecule has 1 amide bonds.